The molecular weight excluding hydrogens is 813 g/mol. The van der Waals surface area contributed by atoms with Gasteiger partial charge in [-0.3, -0.25) is 0 Å². The Kier molecular flexibility index (Phi) is 9.14. The first-order valence-corrected chi connectivity index (χ1v) is 22.8. The highest BCUT2D eigenvalue weighted by Crippen LogP contribution is 2.41. The lowest BCUT2D eigenvalue weighted by Crippen LogP contribution is -2.00. The van der Waals surface area contributed by atoms with Crippen LogP contribution in [0, 0.1) is 0 Å². The van der Waals surface area contributed by atoms with Crippen LogP contribution >= 0.6 is 0 Å². The van der Waals surface area contributed by atoms with E-state index in [2.05, 4.69) is 241 Å². The van der Waals surface area contributed by atoms with Gasteiger partial charge in [-0.25, -0.2) is 15.0 Å². The SMILES string of the molecule is c1ccc(-c2cccc(-c3nc(-c4ccc(-c5ccc6c7ccccc7n(-c7ccccc7)c6c5)cc4)nc(-c4ccc(-c5c6ccccc6cc6c5ccc5ccccc56)cc4)n3)c2)cc1. The zero-order valence-electron chi connectivity index (χ0n) is 36.4. The van der Waals surface area contributed by atoms with Crippen LogP contribution in [0.3, 0.4) is 0 Å². The predicted octanol–water partition coefficient (Wildman–Crippen LogP) is 16.4. The van der Waals surface area contributed by atoms with Gasteiger partial charge >= 0.3 is 0 Å². The Morgan fingerprint density at radius 3 is 1.48 bits per heavy atom. The van der Waals surface area contributed by atoms with Gasteiger partial charge in [0.05, 0.1) is 11.0 Å². The van der Waals surface area contributed by atoms with Crippen molar-refractivity contribution in [3.05, 3.63) is 243 Å². The first kappa shape index (κ1) is 38.5. The fourth-order valence-corrected chi connectivity index (χ4v) is 9.97. The van der Waals surface area contributed by atoms with Crippen LogP contribution in [0.15, 0.2) is 243 Å². The molecule has 0 N–H and O–H groups in total. The molecule has 0 aliphatic rings. The van der Waals surface area contributed by atoms with Gasteiger partial charge in [0.1, 0.15) is 0 Å². The third kappa shape index (κ3) is 6.74. The summed E-state index contributed by atoms with van der Waals surface area (Å²) in [7, 11) is 0. The Hall–Kier alpha value is -8.99. The highest BCUT2D eigenvalue weighted by atomic mass is 15.0. The smallest absolute Gasteiger partial charge is 0.164 e. The van der Waals surface area contributed by atoms with Crippen molar-refractivity contribution in [3.8, 4) is 73.2 Å². The monoisotopic (exact) mass is 852 g/mol. The maximum Gasteiger partial charge on any atom is 0.164 e. The summed E-state index contributed by atoms with van der Waals surface area (Å²) in [5, 5.41) is 9.89. The lowest BCUT2D eigenvalue weighted by atomic mass is 9.89. The first-order chi connectivity index (χ1) is 33.2. The Morgan fingerprint density at radius 2 is 0.731 bits per heavy atom. The van der Waals surface area contributed by atoms with Crippen LogP contribution in [0.1, 0.15) is 0 Å². The molecule has 13 aromatic rings. The van der Waals surface area contributed by atoms with Crippen molar-refractivity contribution in [2.45, 2.75) is 0 Å². The van der Waals surface area contributed by atoms with E-state index in [-0.39, 0.29) is 0 Å². The average molecular weight is 853 g/mol. The Balaban J connectivity index is 0.919. The Labute approximate surface area is 387 Å². The molecule has 11 aromatic carbocycles. The molecule has 4 heteroatoms. The van der Waals surface area contributed by atoms with Crippen LogP contribution in [-0.4, -0.2) is 19.5 Å². The zero-order chi connectivity index (χ0) is 44.3. The molecule has 0 spiro atoms. The molecule has 0 bridgehead atoms. The van der Waals surface area contributed by atoms with Crippen molar-refractivity contribution in [1.29, 1.82) is 0 Å². The topological polar surface area (TPSA) is 43.6 Å². The molecule has 2 heterocycles. The Bertz CT molecular complexity index is 4010. The summed E-state index contributed by atoms with van der Waals surface area (Å²) in [6, 6.07) is 86.5. The third-order valence-electron chi connectivity index (χ3n) is 13.2. The predicted molar refractivity (Wildman–Crippen MR) is 279 cm³/mol. The first-order valence-electron chi connectivity index (χ1n) is 22.8. The molecule has 0 fully saturated rings. The molecule has 0 aliphatic carbocycles. The second-order valence-electron chi connectivity index (χ2n) is 17.2. The van der Waals surface area contributed by atoms with E-state index in [0.717, 1.165) is 50.2 Å². The number of aromatic nitrogens is 4. The number of hydrogen-bond donors (Lipinski definition) is 0. The number of rotatable bonds is 7. The van der Waals surface area contributed by atoms with Gasteiger partial charge in [0.25, 0.3) is 0 Å². The summed E-state index contributed by atoms with van der Waals surface area (Å²) in [6.45, 7) is 0. The maximum atomic E-state index is 5.20. The summed E-state index contributed by atoms with van der Waals surface area (Å²) in [5.41, 5.74) is 13.1. The molecule has 67 heavy (non-hydrogen) atoms. The van der Waals surface area contributed by atoms with Crippen LogP contribution in [0.2, 0.25) is 0 Å². The van der Waals surface area contributed by atoms with E-state index < -0.39 is 0 Å². The minimum absolute atomic E-state index is 0.618. The van der Waals surface area contributed by atoms with Gasteiger partial charge in [-0.15, -0.1) is 0 Å². The molecule has 0 unspecified atom stereocenters. The molecule has 312 valence electrons. The van der Waals surface area contributed by atoms with Crippen molar-refractivity contribution in [3.63, 3.8) is 0 Å². The van der Waals surface area contributed by atoms with Crippen LogP contribution in [0.4, 0.5) is 0 Å². The van der Waals surface area contributed by atoms with E-state index in [0.29, 0.717) is 17.5 Å². The summed E-state index contributed by atoms with van der Waals surface area (Å²) < 4.78 is 2.36. The molecule has 0 saturated carbocycles. The molecule has 4 nitrogen and oxygen atoms in total. The second-order valence-corrected chi connectivity index (χ2v) is 17.2. The quantitative estimate of drug-likeness (QED) is 0.118. The molecule has 0 radical (unpaired) electrons. The van der Waals surface area contributed by atoms with Gasteiger partial charge in [0.15, 0.2) is 17.5 Å². The van der Waals surface area contributed by atoms with Crippen LogP contribution in [0.25, 0.3) is 127 Å². The Morgan fingerprint density at radius 1 is 0.239 bits per heavy atom. The van der Waals surface area contributed by atoms with Gasteiger partial charge in [-0.05, 0) is 102 Å². The normalized spacial score (nSPS) is 11.6. The number of fused-ring (bicyclic) bond motifs is 7. The van der Waals surface area contributed by atoms with Gasteiger partial charge in [0, 0.05) is 33.2 Å². The van der Waals surface area contributed by atoms with Gasteiger partial charge in [-0.1, -0.05) is 206 Å². The lowest BCUT2D eigenvalue weighted by Gasteiger charge is -2.14. The highest BCUT2D eigenvalue weighted by Gasteiger charge is 2.17. The van der Waals surface area contributed by atoms with E-state index in [1.165, 1.54) is 59.7 Å². The fraction of sp³-hybridized carbons (Fsp3) is 0. The van der Waals surface area contributed by atoms with E-state index in [1.54, 1.807) is 0 Å². The van der Waals surface area contributed by atoms with E-state index in [4.69, 9.17) is 15.0 Å². The largest absolute Gasteiger partial charge is 0.309 e. The summed E-state index contributed by atoms with van der Waals surface area (Å²) in [4.78, 5) is 15.6. The molecule has 0 amide bonds. The van der Waals surface area contributed by atoms with E-state index in [1.807, 2.05) is 6.07 Å². The van der Waals surface area contributed by atoms with E-state index >= 15 is 0 Å². The number of benzene rings is 11. The third-order valence-corrected chi connectivity index (χ3v) is 13.2. The van der Waals surface area contributed by atoms with Crippen molar-refractivity contribution in [1.82, 2.24) is 19.5 Å². The lowest BCUT2D eigenvalue weighted by molar-refractivity contribution is 1.07. The molecule has 2 aromatic heterocycles. The minimum Gasteiger partial charge on any atom is -0.309 e. The summed E-state index contributed by atoms with van der Waals surface area (Å²) in [5.74, 6) is 1.86. The standard InChI is InChI=1S/C63H40N4/c1-3-14-41(15-4-1)47-18-13-19-50(38-47)63-65-61(45-30-26-42(27-31-45)48-35-36-55-54-24-11-12-25-58(54)67(59(55)40-48)51-20-5-2-6-21-51)64-62(66-63)46-32-28-44(29-33-46)60-53-23-10-8-17-49(53)39-57-52-22-9-7-16-43(52)34-37-56(57)60/h1-40H. The van der Waals surface area contributed by atoms with E-state index in [9.17, 15) is 0 Å². The number of para-hydroxylation sites is 2. The zero-order valence-corrected chi connectivity index (χ0v) is 36.4. The molecular formula is C63H40N4. The molecule has 13 rings (SSSR count). The van der Waals surface area contributed by atoms with Gasteiger partial charge in [0.2, 0.25) is 0 Å². The minimum atomic E-state index is 0.618. The number of nitrogens with zero attached hydrogens (tertiary/aromatic N) is 4. The van der Waals surface area contributed by atoms with Crippen LogP contribution < -0.4 is 0 Å². The summed E-state index contributed by atoms with van der Waals surface area (Å²) in [6.07, 6.45) is 0. The second kappa shape index (κ2) is 15.9. The summed E-state index contributed by atoms with van der Waals surface area (Å²) >= 11 is 0. The van der Waals surface area contributed by atoms with Gasteiger partial charge in [-0.2, -0.15) is 0 Å². The van der Waals surface area contributed by atoms with Crippen molar-refractivity contribution in [2.75, 3.05) is 0 Å². The molecule has 0 atom stereocenters. The number of hydrogen-bond acceptors (Lipinski definition) is 3. The fourth-order valence-electron chi connectivity index (χ4n) is 9.97. The average Bonchev–Trinajstić information content (AvgIpc) is 3.74. The highest BCUT2D eigenvalue weighted by molar-refractivity contribution is 6.20. The maximum absolute atomic E-state index is 5.20. The van der Waals surface area contributed by atoms with Crippen molar-refractivity contribution >= 4 is 54.1 Å². The molecule has 0 saturated heterocycles. The van der Waals surface area contributed by atoms with Crippen LogP contribution in [0.5, 0.6) is 0 Å². The van der Waals surface area contributed by atoms with Crippen molar-refractivity contribution in [2.24, 2.45) is 0 Å². The van der Waals surface area contributed by atoms with Crippen molar-refractivity contribution < 1.29 is 0 Å². The van der Waals surface area contributed by atoms with Gasteiger partial charge < -0.3 is 4.57 Å². The molecule has 0 aliphatic heterocycles. The van der Waals surface area contributed by atoms with Crippen LogP contribution in [-0.2, 0) is 0 Å².